The largest absolute Gasteiger partial charge is 0.477 e. The Kier molecular flexibility index (Phi) is 5.72. The van der Waals surface area contributed by atoms with Crippen molar-refractivity contribution in [2.24, 2.45) is 12.8 Å². The van der Waals surface area contributed by atoms with Gasteiger partial charge in [-0.1, -0.05) is 0 Å². The van der Waals surface area contributed by atoms with E-state index in [0.717, 1.165) is 18.9 Å². The van der Waals surface area contributed by atoms with Crippen molar-refractivity contribution in [1.29, 1.82) is 0 Å². The van der Waals surface area contributed by atoms with Crippen molar-refractivity contribution in [2.45, 2.75) is 18.9 Å². The van der Waals surface area contributed by atoms with Gasteiger partial charge in [0.2, 0.25) is 5.43 Å². The number of benzene rings is 1. The Balaban J connectivity index is 1.73. The molecule has 6 rings (SSSR count). The third kappa shape index (κ3) is 3.62. The van der Waals surface area contributed by atoms with Gasteiger partial charge in [-0.3, -0.25) is 4.79 Å². The Morgan fingerprint density at radius 1 is 1.26 bits per heavy atom. The number of aromatic carboxylic acids is 1. The molecule has 0 saturated carbocycles. The highest BCUT2D eigenvalue weighted by molar-refractivity contribution is 6.18. The van der Waals surface area contributed by atoms with Gasteiger partial charge in [0.15, 0.2) is 11.6 Å². The van der Waals surface area contributed by atoms with Crippen LogP contribution in [-0.4, -0.2) is 56.8 Å². The molecule has 1 aromatic carbocycles. The summed E-state index contributed by atoms with van der Waals surface area (Å²) in [7, 11) is 3.23. The summed E-state index contributed by atoms with van der Waals surface area (Å²) in [5, 5.41) is 13.0. The summed E-state index contributed by atoms with van der Waals surface area (Å²) in [5.41, 5.74) is 8.11. The Hall–Kier alpha value is -4.58. The first kappa shape index (κ1) is 24.7. The van der Waals surface area contributed by atoms with E-state index in [2.05, 4.69) is 25.2 Å². The number of hydrogen-bond donors (Lipinski definition) is 4. The standard InChI is InChI=1S/C27H25F2N7O3/c1-31-18-7-17(28)21(29)19-20-23(36-5-3-4-13(36)8-30)15(10-32-25(20)34-22(18)19)12-6-14-24(37)16(27(38)39)11-35(2)26(14)33-9-12/h6-7,9-11,13,31H,3-5,8,30H2,1-2H3,(H,32,34)(H,38,39). The Morgan fingerprint density at radius 2 is 2.05 bits per heavy atom. The number of pyridine rings is 3. The zero-order chi connectivity index (χ0) is 27.6. The Morgan fingerprint density at radius 3 is 2.77 bits per heavy atom. The zero-order valence-electron chi connectivity index (χ0n) is 21.2. The molecule has 0 aliphatic carbocycles. The quantitative estimate of drug-likeness (QED) is 0.269. The molecule has 39 heavy (non-hydrogen) atoms. The summed E-state index contributed by atoms with van der Waals surface area (Å²) < 4.78 is 31.7. The fourth-order valence-corrected chi connectivity index (χ4v) is 5.69. The highest BCUT2D eigenvalue weighted by Crippen LogP contribution is 2.45. The molecule has 0 bridgehead atoms. The maximum absolute atomic E-state index is 15.5. The number of nitrogens with one attached hydrogen (secondary N) is 2. The second-order valence-corrected chi connectivity index (χ2v) is 9.70. The van der Waals surface area contributed by atoms with Crippen LogP contribution in [0.2, 0.25) is 0 Å². The minimum atomic E-state index is -1.34. The van der Waals surface area contributed by atoms with Gasteiger partial charge >= 0.3 is 5.97 Å². The molecule has 1 unspecified atom stereocenters. The topological polar surface area (TPSA) is 142 Å². The number of hydrogen-bond acceptors (Lipinski definition) is 7. The van der Waals surface area contributed by atoms with E-state index in [0.29, 0.717) is 57.8 Å². The Labute approximate surface area is 220 Å². The SMILES string of the molecule is CNc1cc(F)c(F)c2c1[nH]c1ncc(-c3cnc4c(c3)c(=O)c(C(=O)O)cn4C)c(N3CCCC3CN)c12. The van der Waals surface area contributed by atoms with Crippen LogP contribution in [0.4, 0.5) is 20.2 Å². The molecule has 1 fully saturated rings. The molecule has 1 aliphatic heterocycles. The first-order chi connectivity index (χ1) is 18.7. The van der Waals surface area contributed by atoms with Crippen LogP contribution in [0, 0.1) is 11.6 Å². The number of aryl methyl sites for hydroxylation is 1. The number of anilines is 2. The minimum Gasteiger partial charge on any atom is -0.477 e. The number of carboxylic acid groups (broad SMARTS) is 1. The molecule has 0 radical (unpaired) electrons. The van der Waals surface area contributed by atoms with Gasteiger partial charge in [0.1, 0.15) is 16.9 Å². The molecular formula is C27H25F2N7O3. The van der Waals surface area contributed by atoms with Crippen LogP contribution in [0.15, 0.2) is 35.5 Å². The van der Waals surface area contributed by atoms with Crippen LogP contribution in [0.5, 0.6) is 0 Å². The highest BCUT2D eigenvalue weighted by atomic mass is 19.2. The van der Waals surface area contributed by atoms with E-state index in [9.17, 15) is 19.1 Å². The molecule has 10 nitrogen and oxygen atoms in total. The van der Waals surface area contributed by atoms with E-state index in [-0.39, 0.29) is 22.4 Å². The molecule has 200 valence electrons. The summed E-state index contributed by atoms with van der Waals surface area (Å²) in [6.07, 6.45) is 6.06. The van der Waals surface area contributed by atoms with Crippen molar-refractivity contribution >= 4 is 50.3 Å². The smallest absolute Gasteiger partial charge is 0.341 e. The number of carbonyl (C=O) groups is 1. The lowest BCUT2D eigenvalue weighted by molar-refractivity contribution is 0.0695. The van der Waals surface area contributed by atoms with E-state index in [1.165, 1.54) is 10.8 Å². The van der Waals surface area contributed by atoms with Crippen molar-refractivity contribution in [3.05, 3.63) is 58.1 Å². The lowest BCUT2D eigenvalue weighted by Gasteiger charge is -2.29. The number of fused-ring (bicyclic) bond motifs is 4. The second kappa shape index (κ2) is 9.02. The summed E-state index contributed by atoms with van der Waals surface area (Å²) in [4.78, 5) is 39.0. The number of nitrogens with two attached hydrogens (primary N) is 1. The van der Waals surface area contributed by atoms with Gasteiger partial charge in [0, 0.05) is 69.0 Å². The van der Waals surface area contributed by atoms with Crippen molar-refractivity contribution in [3.8, 4) is 11.1 Å². The van der Waals surface area contributed by atoms with Gasteiger partial charge in [-0.25, -0.2) is 23.5 Å². The number of aromatic nitrogens is 4. The van der Waals surface area contributed by atoms with E-state index >= 15 is 4.39 Å². The number of H-pyrrole nitrogens is 1. The predicted molar refractivity (Wildman–Crippen MR) is 145 cm³/mol. The molecule has 5 heterocycles. The third-order valence-corrected chi connectivity index (χ3v) is 7.52. The van der Waals surface area contributed by atoms with Gasteiger partial charge in [-0.15, -0.1) is 0 Å². The molecule has 1 aliphatic rings. The number of nitrogens with zero attached hydrogens (tertiary/aromatic N) is 4. The van der Waals surface area contributed by atoms with Crippen molar-refractivity contribution in [3.63, 3.8) is 0 Å². The number of aromatic amines is 1. The maximum Gasteiger partial charge on any atom is 0.341 e. The fraction of sp³-hybridized carbons (Fsp3) is 0.259. The number of carboxylic acids is 1. The van der Waals surface area contributed by atoms with Crippen LogP contribution >= 0.6 is 0 Å². The van der Waals surface area contributed by atoms with Crippen LogP contribution in [0.25, 0.3) is 44.1 Å². The van der Waals surface area contributed by atoms with Crippen LogP contribution in [0.3, 0.4) is 0 Å². The van der Waals surface area contributed by atoms with Crippen LogP contribution in [-0.2, 0) is 7.05 Å². The van der Waals surface area contributed by atoms with Crippen molar-refractivity contribution in [1.82, 2.24) is 19.5 Å². The number of rotatable bonds is 5. The first-order valence-corrected chi connectivity index (χ1v) is 12.4. The highest BCUT2D eigenvalue weighted by Gasteiger charge is 2.31. The summed E-state index contributed by atoms with van der Waals surface area (Å²) >= 11 is 0. The lowest BCUT2D eigenvalue weighted by Crippen LogP contribution is -2.35. The van der Waals surface area contributed by atoms with E-state index < -0.39 is 23.0 Å². The van der Waals surface area contributed by atoms with Gasteiger partial charge in [0.25, 0.3) is 0 Å². The van der Waals surface area contributed by atoms with Crippen LogP contribution < -0.4 is 21.4 Å². The summed E-state index contributed by atoms with van der Waals surface area (Å²) in [6.45, 7) is 0.977. The molecule has 0 spiro atoms. The monoisotopic (exact) mass is 533 g/mol. The van der Waals surface area contributed by atoms with Crippen LogP contribution in [0.1, 0.15) is 23.2 Å². The minimum absolute atomic E-state index is 0.0548. The summed E-state index contributed by atoms with van der Waals surface area (Å²) in [6, 6.07) is 2.61. The summed E-state index contributed by atoms with van der Waals surface area (Å²) in [5.74, 6) is -3.35. The second-order valence-electron chi connectivity index (χ2n) is 9.70. The van der Waals surface area contributed by atoms with Crippen molar-refractivity contribution < 1.29 is 18.7 Å². The molecule has 1 atom stereocenters. The van der Waals surface area contributed by atoms with Gasteiger partial charge in [-0.2, -0.15) is 0 Å². The van der Waals surface area contributed by atoms with Crippen molar-refractivity contribution in [2.75, 3.05) is 30.4 Å². The zero-order valence-corrected chi connectivity index (χ0v) is 21.2. The van der Waals surface area contributed by atoms with E-state index in [4.69, 9.17) is 5.73 Å². The third-order valence-electron chi connectivity index (χ3n) is 7.52. The maximum atomic E-state index is 15.5. The first-order valence-electron chi connectivity index (χ1n) is 12.4. The lowest BCUT2D eigenvalue weighted by atomic mass is 10.0. The molecule has 5 aromatic rings. The molecule has 12 heteroatoms. The normalized spacial score (nSPS) is 15.6. The molecule has 4 aromatic heterocycles. The fourth-order valence-electron chi connectivity index (χ4n) is 5.69. The Bertz CT molecular complexity index is 1880. The molecule has 0 amide bonds. The molecular weight excluding hydrogens is 508 g/mol. The number of halogens is 2. The average Bonchev–Trinajstić information content (AvgIpc) is 3.56. The molecule has 5 N–H and O–H groups in total. The van der Waals surface area contributed by atoms with E-state index in [1.54, 1.807) is 32.6 Å². The predicted octanol–water partition coefficient (Wildman–Crippen LogP) is 3.58. The van der Waals surface area contributed by atoms with Gasteiger partial charge in [0.05, 0.1) is 33.1 Å². The van der Waals surface area contributed by atoms with Gasteiger partial charge < -0.3 is 30.6 Å². The van der Waals surface area contributed by atoms with Gasteiger partial charge in [-0.05, 0) is 18.9 Å². The molecule has 1 saturated heterocycles. The van der Waals surface area contributed by atoms with E-state index in [1.807, 2.05) is 0 Å². The average molecular weight is 534 g/mol.